The molecule has 2 heterocycles. The van der Waals surface area contributed by atoms with Gasteiger partial charge < -0.3 is 19.9 Å². The number of nitrogens with two attached hydrogens (primary N) is 1. The van der Waals surface area contributed by atoms with Crippen LogP contribution in [0, 0.1) is 17.8 Å². The van der Waals surface area contributed by atoms with Crippen LogP contribution in [0.1, 0.15) is 57.7 Å². The smallest absolute Gasteiger partial charge is 0.323 e. The first-order valence-corrected chi connectivity index (χ1v) is 11.2. The number of halogens is 2. The Labute approximate surface area is 205 Å². The molecule has 0 radical (unpaired) electrons. The molecule has 2 aliphatic heterocycles. The lowest BCUT2D eigenvalue weighted by Crippen LogP contribution is -2.51. The molecule has 1 saturated heterocycles. The standard InChI is InChI=1S/C24H38N2O4.2ClH/c1-14(2)9-17-13-26-8-7-16-10-21(28-5)22(29-6)11-18(16)19(26)12-20(17)30-24(27)23(25)15(3)4;;/h10-11,14-15,17,19-20,23H,7-9,12-13,25H2,1-6H3;2*1H. The van der Waals surface area contributed by atoms with E-state index >= 15 is 0 Å². The minimum atomic E-state index is -0.578. The number of hydrogen-bond donors (Lipinski definition) is 1. The first-order valence-electron chi connectivity index (χ1n) is 11.2. The van der Waals surface area contributed by atoms with Crippen LogP contribution in [0.2, 0.25) is 0 Å². The third-order valence-corrected chi connectivity index (χ3v) is 6.60. The van der Waals surface area contributed by atoms with Gasteiger partial charge in [-0.05, 0) is 47.9 Å². The Kier molecular flexibility index (Phi) is 11.1. The summed E-state index contributed by atoms with van der Waals surface area (Å²) in [5.74, 6) is 2.18. The molecule has 0 amide bonds. The molecule has 1 aromatic carbocycles. The SMILES string of the molecule is COc1cc2c(cc1OC)C1CC(OC(=O)C(N)C(C)C)C(CC(C)C)CN1CC2.Cl.Cl. The van der Waals surface area contributed by atoms with E-state index in [1.165, 1.54) is 11.1 Å². The van der Waals surface area contributed by atoms with Gasteiger partial charge in [0.05, 0.1) is 14.2 Å². The minimum absolute atomic E-state index is 0. The van der Waals surface area contributed by atoms with Gasteiger partial charge in [-0.3, -0.25) is 9.69 Å². The van der Waals surface area contributed by atoms with Crippen molar-refractivity contribution in [2.24, 2.45) is 23.5 Å². The largest absolute Gasteiger partial charge is 0.493 e. The minimum Gasteiger partial charge on any atom is -0.493 e. The summed E-state index contributed by atoms with van der Waals surface area (Å²) in [4.78, 5) is 15.2. The summed E-state index contributed by atoms with van der Waals surface area (Å²) in [6.45, 7) is 10.3. The van der Waals surface area contributed by atoms with Gasteiger partial charge in [-0.25, -0.2) is 0 Å². The zero-order chi connectivity index (χ0) is 22.0. The highest BCUT2D eigenvalue weighted by atomic mass is 35.5. The molecule has 0 saturated carbocycles. The van der Waals surface area contributed by atoms with Crippen LogP contribution in [-0.4, -0.2) is 50.3 Å². The molecular weight excluding hydrogens is 451 g/mol. The monoisotopic (exact) mass is 490 g/mol. The molecule has 6 nitrogen and oxygen atoms in total. The third kappa shape index (κ3) is 6.22. The highest BCUT2D eigenvalue weighted by Crippen LogP contribution is 2.44. The molecule has 32 heavy (non-hydrogen) atoms. The number of ether oxygens (including phenoxy) is 3. The van der Waals surface area contributed by atoms with Crippen molar-refractivity contribution in [1.29, 1.82) is 0 Å². The van der Waals surface area contributed by atoms with Crippen molar-refractivity contribution in [3.05, 3.63) is 23.3 Å². The molecule has 1 aromatic rings. The van der Waals surface area contributed by atoms with E-state index in [-0.39, 0.29) is 48.8 Å². The van der Waals surface area contributed by atoms with Crippen LogP contribution in [0.3, 0.4) is 0 Å². The predicted molar refractivity (Wildman–Crippen MR) is 132 cm³/mol. The Morgan fingerprint density at radius 2 is 1.75 bits per heavy atom. The maximum atomic E-state index is 12.7. The lowest BCUT2D eigenvalue weighted by atomic mass is 9.79. The number of rotatable bonds is 7. The second-order valence-electron chi connectivity index (χ2n) is 9.54. The molecule has 4 atom stereocenters. The van der Waals surface area contributed by atoms with Crippen LogP contribution in [-0.2, 0) is 16.0 Å². The first kappa shape index (κ1) is 28.8. The first-order chi connectivity index (χ1) is 14.2. The fraction of sp³-hybridized carbons (Fsp3) is 0.708. The number of esters is 1. The van der Waals surface area contributed by atoms with Crippen molar-refractivity contribution >= 4 is 30.8 Å². The van der Waals surface area contributed by atoms with Crippen molar-refractivity contribution in [1.82, 2.24) is 4.90 Å². The van der Waals surface area contributed by atoms with Crippen molar-refractivity contribution in [2.75, 3.05) is 27.3 Å². The van der Waals surface area contributed by atoms with E-state index in [1.807, 2.05) is 13.8 Å². The van der Waals surface area contributed by atoms with Crippen LogP contribution in [0.25, 0.3) is 0 Å². The van der Waals surface area contributed by atoms with Crippen LogP contribution in [0.4, 0.5) is 0 Å². The third-order valence-electron chi connectivity index (χ3n) is 6.60. The molecule has 2 aliphatic rings. The summed E-state index contributed by atoms with van der Waals surface area (Å²) in [7, 11) is 3.34. The van der Waals surface area contributed by atoms with Crippen LogP contribution < -0.4 is 15.2 Å². The fourth-order valence-corrected chi connectivity index (χ4v) is 4.88. The Morgan fingerprint density at radius 3 is 2.31 bits per heavy atom. The van der Waals surface area contributed by atoms with Gasteiger partial charge in [0.25, 0.3) is 0 Å². The average Bonchev–Trinajstić information content (AvgIpc) is 2.71. The van der Waals surface area contributed by atoms with Crippen LogP contribution in [0.15, 0.2) is 12.1 Å². The number of hydrogen-bond acceptors (Lipinski definition) is 6. The topological polar surface area (TPSA) is 74.0 Å². The molecular formula is C24H40Cl2N2O4. The molecule has 8 heteroatoms. The van der Waals surface area contributed by atoms with Crippen molar-refractivity contribution in [3.8, 4) is 11.5 Å². The molecule has 0 aromatic heterocycles. The van der Waals surface area contributed by atoms with Crippen molar-refractivity contribution in [3.63, 3.8) is 0 Å². The molecule has 184 valence electrons. The molecule has 0 aliphatic carbocycles. The van der Waals surface area contributed by atoms with Gasteiger partial charge in [0.1, 0.15) is 12.1 Å². The average molecular weight is 492 g/mol. The predicted octanol–water partition coefficient (Wildman–Crippen LogP) is 4.41. The van der Waals surface area contributed by atoms with E-state index in [1.54, 1.807) is 14.2 Å². The number of nitrogens with zero attached hydrogens (tertiary/aromatic N) is 1. The highest BCUT2D eigenvalue weighted by Gasteiger charge is 2.41. The number of piperidine rings is 1. The number of carbonyl (C=O) groups is 1. The van der Waals surface area contributed by atoms with Gasteiger partial charge >= 0.3 is 5.97 Å². The molecule has 0 bridgehead atoms. The zero-order valence-corrected chi connectivity index (χ0v) is 21.8. The summed E-state index contributed by atoms with van der Waals surface area (Å²) in [6, 6.07) is 3.84. The number of benzene rings is 1. The van der Waals surface area contributed by atoms with Crippen LogP contribution >= 0.6 is 24.8 Å². The van der Waals surface area contributed by atoms with Gasteiger partial charge in [0.2, 0.25) is 0 Å². The summed E-state index contributed by atoms with van der Waals surface area (Å²) < 4.78 is 17.1. The Hall–Kier alpha value is -1.21. The van der Waals surface area contributed by atoms with Crippen molar-refractivity contribution < 1.29 is 19.0 Å². The lowest BCUT2D eigenvalue weighted by molar-refractivity contribution is -0.160. The van der Waals surface area contributed by atoms with E-state index in [0.29, 0.717) is 11.8 Å². The summed E-state index contributed by atoms with van der Waals surface area (Å²) in [5.41, 5.74) is 8.64. The summed E-state index contributed by atoms with van der Waals surface area (Å²) >= 11 is 0. The van der Waals surface area contributed by atoms with Gasteiger partial charge in [0.15, 0.2) is 11.5 Å². The molecule has 0 spiro atoms. The molecule has 1 fully saturated rings. The Balaban J connectivity index is 0.00000256. The lowest BCUT2D eigenvalue weighted by Gasteiger charge is -2.47. The van der Waals surface area contributed by atoms with Gasteiger partial charge in [-0.15, -0.1) is 24.8 Å². The highest BCUT2D eigenvalue weighted by molar-refractivity contribution is 5.85. The summed E-state index contributed by atoms with van der Waals surface area (Å²) in [6.07, 6.45) is 2.70. The van der Waals surface area contributed by atoms with E-state index in [0.717, 1.165) is 43.9 Å². The second-order valence-corrected chi connectivity index (χ2v) is 9.54. The normalized spacial score (nSPS) is 23.3. The van der Waals surface area contributed by atoms with Crippen LogP contribution in [0.5, 0.6) is 11.5 Å². The summed E-state index contributed by atoms with van der Waals surface area (Å²) in [5, 5.41) is 0. The van der Waals surface area contributed by atoms with E-state index in [4.69, 9.17) is 19.9 Å². The molecule has 4 unspecified atom stereocenters. The van der Waals surface area contributed by atoms with Gasteiger partial charge in [0, 0.05) is 31.5 Å². The maximum Gasteiger partial charge on any atom is 0.323 e. The zero-order valence-electron chi connectivity index (χ0n) is 20.1. The van der Waals surface area contributed by atoms with E-state index in [2.05, 4.69) is 30.9 Å². The van der Waals surface area contributed by atoms with Gasteiger partial charge in [-0.1, -0.05) is 27.7 Å². The quantitative estimate of drug-likeness (QED) is 0.570. The number of fused-ring (bicyclic) bond motifs is 3. The number of carbonyl (C=O) groups excluding carboxylic acids is 1. The second kappa shape index (κ2) is 12.3. The maximum absolute atomic E-state index is 12.7. The van der Waals surface area contributed by atoms with E-state index in [9.17, 15) is 4.79 Å². The number of methoxy groups -OCH3 is 2. The fourth-order valence-electron chi connectivity index (χ4n) is 4.88. The Bertz CT molecular complexity index is 760. The Morgan fingerprint density at radius 1 is 1.12 bits per heavy atom. The molecule has 2 N–H and O–H groups in total. The van der Waals surface area contributed by atoms with Gasteiger partial charge in [-0.2, -0.15) is 0 Å². The molecule has 3 rings (SSSR count). The van der Waals surface area contributed by atoms with Crippen molar-refractivity contribution in [2.45, 2.75) is 65.1 Å². The van der Waals surface area contributed by atoms with E-state index < -0.39 is 6.04 Å².